The Kier molecular flexibility index (Phi) is 3.58. The Balaban J connectivity index is 1.56. The van der Waals surface area contributed by atoms with Crippen LogP contribution >= 0.6 is 0 Å². The number of nitrogens with one attached hydrogen (secondary N) is 2. The van der Waals surface area contributed by atoms with E-state index in [1.165, 1.54) is 11.3 Å². The van der Waals surface area contributed by atoms with Gasteiger partial charge in [-0.15, -0.1) is 0 Å². The van der Waals surface area contributed by atoms with Crippen LogP contribution in [0.1, 0.15) is 23.7 Å². The fourth-order valence-electron chi connectivity index (χ4n) is 4.21. The fraction of sp³-hybridized carbons (Fsp3) is 0.529. The molecule has 2 unspecified atom stereocenters. The number of fused-ring (bicyclic) bond motifs is 1. The average Bonchev–Trinajstić information content (AvgIpc) is 2.83. The summed E-state index contributed by atoms with van der Waals surface area (Å²) >= 11 is 0. The van der Waals surface area contributed by atoms with E-state index in [0.29, 0.717) is 5.56 Å². The molecular formula is C17H23N5O. The molecule has 5 heterocycles. The quantitative estimate of drug-likeness (QED) is 0.798. The third-order valence-corrected chi connectivity index (χ3v) is 5.42. The van der Waals surface area contributed by atoms with Crippen molar-refractivity contribution in [1.29, 1.82) is 0 Å². The molecule has 2 fully saturated rings. The van der Waals surface area contributed by atoms with E-state index in [-0.39, 0.29) is 11.3 Å². The lowest BCUT2D eigenvalue weighted by Crippen LogP contribution is -2.57. The number of carbonyl (C=O) groups excluding carboxylic acids is 1. The molecule has 0 spiro atoms. The summed E-state index contributed by atoms with van der Waals surface area (Å²) in [5.74, 6) is -0.112. The zero-order valence-electron chi connectivity index (χ0n) is 13.5. The van der Waals surface area contributed by atoms with Crippen LogP contribution in [0.5, 0.6) is 0 Å². The molecular weight excluding hydrogens is 290 g/mol. The van der Waals surface area contributed by atoms with Crippen LogP contribution in [0.15, 0.2) is 35.8 Å². The predicted octanol–water partition coefficient (Wildman–Crippen LogP) is 0.611. The molecule has 0 aromatic carbocycles. The lowest BCUT2D eigenvalue weighted by atomic mass is 9.74. The van der Waals surface area contributed by atoms with Crippen LogP contribution in [-0.4, -0.2) is 60.0 Å². The van der Waals surface area contributed by atoms with E-state index in [2.05, 4.69) is 32.6 Å². The monoisotopic (exact) mass is 313 g/mol. The standard InChI is InChI=1S/C17H23N5O/c1-2-17-11-21-7-8-22(12-17)10-14(9-21)15(17)19-20-16(23)13-3-5-18-6-4-13/h3-6,19H,2,7-12H2,1H3,(H,20,23). The Labute approximate surface area is 136 Å². The third kappa shape index (κ3) is 2.52. The number of carbonyl (C=O) groups is 1. The summed E-state index contributed by atoms with van der Waals surface area (Å²) < 4.78 is 0. The number of aromatic nitrogens is 1. The number of rotatable bonds is 4. The predicted molar refractivity (Wildman–Crippen MR) is 87.5 cm³/mol. The molecule has 4 aliphatic heterocycles. The molecule has 6 nitrogen and oxygen atoms in total. The summed E-state index contributed by atoms with van der Waals surface area (Å²) in [5, 5.41) is 0. The third-order valence-electron chi connectivity index (χ3n) is 5.42. The van der Waals surface area contributed by atoms with E-state index in [0.717, 1.165) is 45.7 Å². The Morgan fingerprint density at radius 3 is 2.48 bits per heavy atom. The minimum Gasteiger partial charge on any atom is -0.302 e. The smallest absolute Gasteiger partial charge is 0.269 e. The first-order chi connectivity index (χ1) is 11.2. The second kappa shape index (κ2) is 5.62. The van der Waals surface area contributed by atoms with Crippen molar-refractivity contribution in [1.82, 2.24) is 25.6 Å². The number of hydrogen-bond acceptors (Lipinski definition) is 5. The highest BCUT2D eigenvalue weighted by atomic mass is 16.2. The average molecular weight is 313 g/mol. The first kappa shape index (κ1) is 14.7. The summed E-state index contributed by atoms with van der Waals surface area (Å²) in [6.45, 7) is 8.76. The zero-order chi connectivity index (χ0) is 15.9. The minimum absolute atomic E-state index is 0.112. The van der Waals surface area contributed by atoms with Crippen LogP contribution in [0, 0.1) is 5.41 Å². The van der Waals surface area contributed by atoms with E-state index in [1.54, 1.807) is 24.5 Å². The number of hydrazine groups is 1. The highest BCUT2D eigenvalue weighted by molar-refractivity contribution is 5.93. The molecule has 122 valence electrons. The molecule has 0 saturated carbocycles. The maximum absolute atomic E-state index is 12.3. The van der Waals surface area contributed by atoms with Gasteiger partial charge in [-0.25, -0.2) is 0 Å². The maximum Gasteiger partial charge on any atom is 0.269 e. The highest BCUT2D eigenvalue weighted by Gasteiger charge is 2.47. The SMILES string of the molecule is CCC12CN3CCN(CC(=C1NNC(=O)c1ccncc1)C3)C2. The van der Waals surface area contributed by atoms with Gasteiger partial charge in [-0.3, -0.25) is 25.0 Å². The molecule has 1 aromatic heterocycles. The second-order valence-corrected chi connectivity index (χ2v) is 6.85. The summed E-state index contributed by atoms with van der Waals surface area (Å²) in [4.78, 5) is 21.4. The lowest BCUT2D eigenvalue weighted by molar-refractivity contribution is 0.0906. The van der Waals surface area contributed by atoms with Crippen molar-refractivity contribution in [3.05, 3.63) is 41.4 Å². The van der Waals surface area contributed by atoms with E-state index in [1.807, 2.05) is 0 Å². The van der Waals surface area contributed by atoms with Gasteiger partial charge in [0.1, 0.15) is 0 Å². The van der Waals surface area contributed by atoms with Gasteiger partial charge >= 0.3 is 0 Å². The Morgan fingerprint density at radius 1 is 1.22 bits per heavy atom. The summed E-state index contributed by atoms with van der Waals surface area (Å²) in [7, 11) is 0. The second-order valence-electron chi connectivity index (χ2n) is 6.85. The normalized spacial score (nSPS) is 31.9. The van der Waals surface area contributed by atoms with Crippen molar-refractivity contribution in [2.24, 2.45) is 5.41 Å². The Bertz CT molecular complexity index is 624. The largest absolute Gasteiger partial charge is 0.302 e. The highest BCUT2D eigenvalue weighted by Crippen LogP contribution is 2.42. The first-order valence-corrected chi connectivity index (χ1v) is 8.34. The van der Waals surface area contributed by atoms with E-state index in [9.17, 15) is 4.79 Å². The van der Waals surface area contributed by atoms with Crippen LogP contribution in [-0.2, 0) is 0 Å². The fourth-order valence-corrected chi connectivity index (χ4v) is 4.21. The van der Waals surface area contributed by atoms with E-state index in [4.69, 9.17) is 0 Å². The number of pyridine rings is 1. The van der Waals surface area contributed by atoms with Crippen LogP contribution in [0.4, 0.5) is 0 Å². The van der Waals surface area contributed by atoms with Crippen LogP contribution in [0.25, 0.3) is 0 Å². The Hall–Kier alpha value is -1.92. The van der Waals surface area contributed by atoms with Crippen LogP contribution in [0.2, 0.25) is 0 Å². The van der Waals surface area contributed by atoms with Gasteiger partial charge < -0.3 is 5.43 Å². The summed E-state index contributed by atoms with van der Waals surface area (Å²) in [6, 6.07) is 3.45. The van der Waals surface area contributed by atoms with Crippen molar-refractivity contribution in [2.75, 3.05) is 39.3 Å². The molecule has 1 aromatic rings. The Morgan fingerprint density at radius 2 is 1.87 bits per heavy atom. The first-order valence-electron chi connectivity index (χ1n) is 8.34. The zero-order valence-corrected chi connectivity index (χ0v) is 13.5. The van der Waals surface area contributed by atoms with Gasteiger partial charge in [0.25, 0.3) is 5.91 Å². The van der Waals surface area contributed by atoms with Crippen molar-refractivity contribution < 1.29 is 4.79 Å². The topological polar surface area (TPSA) is 60.5 Å². The summed E-state index contributed by atoms with van der Waals surface area (Å²) in [5.41, 5.74) is 9.60. The van der Waals surface area contributed by atoms with Gasteiger partial charge in [0.15, 0.2) is 0 Å². The van der Waals surface area contributed by atoms with Crippen molar-refractivity contribution >= 4 is 5.91 Å². The molecule has 2 atom stereocenters. The summed E-state index contributed by atoms with van der Waals surface area (Å²) in [6.07, 6.45) is 4.35. The molecule has 4 aliphatic rings. The molecule has 2 N–H and O–H groups in total. The molecule has 5 rings (SSSR count). The molecule has 23 heavy (non-hydrogen) atoms. The van der Waals surface area contributed by atoms with Gasteiger partial charge in [-0.05, 0) is 24.1 Å². The molecule has 2 saturated heterocycles. The molecule has 0 radical (unpaired) electrons. The molecule has 4 bridgehead atoms. The van der Waals surface area contributed by atoms with Crippen LogP contribution < -0.4 is 10.9 Å². The molecule has 0 aliphatic carbocycles. The number of nitrogens with zero attached hydrogens (tertiary/aromatic N) is 3. The van der Waals surface area contributed by atoms with Crippen molar-refractivity contribution in [3.8, 4) is 0 Å². The van der Waals surface area contributed by atoms with E-state index >= 15 is 0 Å². The molecule has 1 amide bonds. The molecule has 6 heteroatoms. The van der Waals surface area contributed by atoms with Gasteiger partial charge in [-0.1, -0.05) is 6.92 Å². The van der Waals surface area contributed by atoms with Gasteiger partial charge in [0.05, 0.1) is 0 Å². The van der Waals surface area contributed by atoms with Crippen molar-refractivity contribution in [3.63, 3.8) is 0 Å². The van der Waals surface area contributed by atoms with Gasteiger partial charge in [0, 0.05) is 68.3 Å². The maximum atomic E-state index is 12.3. The van der Waals surface area contributed by atoms with Crippen molar-refractivity contribution in [2.45, 2.75) is 13.3 Å². The number of hydrogen-bond donors (Lipinski definition) is 2. The van der Waals surface area contributed by atoms with Crippen LogP contribution in [0.3, 0.4) is 0 Å². The van der Waals surface area contributed by atoms with E-state index < -0.39 is 0 Å². The lowest BCUT2D eigenvalue weighted by Gasteiger charge is -2.48. The number of amides is 1. The minimum atomic E-state index is -0.112. The van der Waals surface area contributed by atoms with Gasteiger partial charge in [-0.2, -0.15) is 0 Å². The van der Waals surface area contributed by atoms with Gasteiger partial charge in [0.2, 0.25) is 0 Å².